The minimum absolute atomic E-state index is 0.552. The Morgan fingerprint density at radius 1 is 1.33 bits per heavy atom. The van der Waals surface area contributed by atoms with E-state index in [-0.39, 0.29) is 0 Å². The van der Waals surface area contributed by atoms with Crippen molar-refractivity contribution >= 4 is 17.5 Å². The molecule has 15 heavy (non-hydrogen) atoms. The summed E-state index contributed by atoms with van der Waals surface area (Å²) < 4.78 is 10.3. The Balaban J connectivity index is 2.56. The van der Waals surface area contributed by atoms with Crippen molar-refractivity contribution in [3.8, 4) is 5.75 Å². The Bertz CT molecular complexity index is 322. The summed E-state index contributed by atoms with van der Waals surface area (Å²) in [4.78, 5) is 0.749. The predicted octanol–water partition coefficient (Wildman–Crippen LogP) is 1.90. The second-order valence-corrected chi connectivity index (χ2v) is 3.40. The molecule has 0 aliphatic carbocycles. The topological polar surface area (TPSA) is 44.5 Å². The van der Waals surface area contributed by atoms with Gasteiger partial charge in [0.2, 0.25) is 0 Å². The molecule has 0 amide bonds. The molecule has 2 N–H and O–H groups in total. The smallest absolute Gasteiger partial charge is 0.119 e. The molecule has 3 nitrogen and oxygen atoms in total. The highest BCUT2D eigenvalue weighted by atomic mass is 32.1. The predicted molar refractivity (Wildman–Crippen MR) is 65.0 cm³/mol. The van der Waals surface area contributed by atoms with Gasteiger partial charge in [0.15, 0.2) is 0 Å². The van der Waals surface area contributed by atoms with Gasteiger partial charge in [-0.05, 0) is 17.7 Å². The second kappa shape index (κ2) is 6.37. The molecule has 0 heterocycles. The number of benzene rings is 1. The molecule has 0 saturated carbocycles. The maximum atomic E-state index is 5.41. The zero-order valence-corrected chi connectivity index (χ0v) is 9.54. The molecule has 0 saturated heterocycles. The molecule has 0 spiro atoms. The fourth-order valence-electron chi connectivity index (χ4n) is 1.06. The van der Waals surface area contributed by atoms with Gasteiger partial charge in [0.05, 0.1) is 6.61 Å². The lowest BCUT2D eigenvalue weighted by atomic mass is 10.2. The highest BCUT2D eigenvalue weighted by Gasteiger charge is 1.97. The van der Waals surface area contributed by atoms with Crippen LogP contribution < -0.4 is 10.5 Å². The van der Waals surface area contributed by atoms with Gasteiger partial charge in [-0.15, -0.1) is 12.6 Å². The number of hydrogen-bond donors (Lipinski definition) is 2. The van der Waals surface area contributed by atoms with Crippen molar-refractivity contribution in [2.75, 3.05) is 20.3 Å². The van der Waals surface area contributed by atoms with Crippen LogP contribution in [0.4, 0.5) is 0 Å². The lowest BCUT2D eigenvalue weighted by molar-refractivity contribution is 0.146. The zero-order chi connectivity index (χ0) is 11.1. The van der Waals surface area contributed by atoms with E-state index in [1.54, 1.807) is 7.11 Å². The van der Waals surface area contributed by atoms with Crippen molar-refractivity contribution in [2.45, 2.75) is 0 Å². The average molecular weight is 225 g/mol. The zero-order valence-electron chi connectivity index (χ0n) is 8.64. The third-order valence-corrected chi connectivity index (χ3v) is 2.27. The van der Waals surface area contributed by atoms with Gasteiger partial charge in [0.1, 0.15) is 12.4 Å². The Kier molecular flexibility index (Phi) is 5.07. The summed E-state index contributed by atoms with van der Waals surface area (Å²) in [6, 6.07) is 7.58. The largest absolute Gasteiger partial charge is 0.491 e. The Morgan fingerprint density at radius 3 is 2.53 bits per heavy atom. The summed E-state index contributed by atoms with van der Waals surface area (Å²) in [5, 5.41) is 0. The van der Waals surface area contributed by atoms with E-state index in [0.717, 1.165) is 16.2 Å². The summed E-state index contributed by atoms with van der Waals surface area (Å²) in [6.07, 6.45) is 1.46. The van der Waals surface area contributed by atoms with Gasteiger partial charge in [0, 0.05) is 18.2 Å². The molecule has 0 aromatic heterocycles. The standard InChI is InChI=1S/C11H15NO2S/c1-13-6-7-14-10-4-2-9(3-5-10)11(15)8-12/h2-5,8,15H,6-7,12H2,1H3/b11-8-. The highest BCUT2D eigenvalue weighted by molar-refractivity contribution is 7.90. The number of rotatable bonds is 5. The van der Waals surface area contributed by atoms with Gasteiger partial charge >= 0.3 is 0 Å². The molecular weight excluding hydrogens is 210 g/mol. The third kappa shape index (κ3) is 3.85. The van der Waals surface area contributed by atoms with Crippen LogP contribution in [-0.2, 0) is 4.74 Å². The van der Waals surface area contributed by atoms with E-state index < -0.39 is 0 Å². The van der Waals surface area contributed by atoms with Gasteiger partial charge in [0.25, 0.3) is 0 Å². The molecule has 1 aromatic rings. The molecule has 1 rings (SSSR count). The van der Waals surface area contributed by atoms with Gasteiger partial charge in [-0.3, -0.25) is 0 Å². The summed E-state index contributed by atoms with van der Waals surface area (Å²) >= 11 is 4.21. The normalized spacial score (nSPS) is 11.5. The van der Waals surface area contributed by atoms with Gasteiger partial charge in [-0.25, -0.2) is 0 Å². The molecule has 0 unspecified atom stereocenters. The van der Waals surface area contributed by atoms with E-state index in [4.69, 9.17) is 15.2 Å². The SMILES string of the molecule is COCCOc1ccc(/C(S)=C/N)cc1. The number of hydrogen-bond acceptors (Lipinski definition) is 4. The fraction of sp³-hybridized carbons (Fsp3) is 0.273. The molecule has 1 aromatic carbocycles. The maximum absolute atomic E-state index is 5.41. The first-order chi connectivity index (χ1) is 7.27. The van der Waals surface area contributed by atoms with E-state index in [1.807, 2.05) is 24.3 Å². The van der Waals surface area contributed by atoms with Crippen LogP contribution in [0.25, 0.3) is 4.91 Å². The molecule has 0 aliphatic heterocycles. The highest BCUT2D eigenvalue weighted by Crippen LogP contribution is 2.20. The van der Waals surface area contributed by atoms with Crippen LogP contribution >= 0.6 is 12.6 Å². The molecule has 0 bridgehead atoms. The van der Waals surface area contributed by atoms with Crippen molar-refractivity contribution in [2.24, 2.45) is 5.73 Å². The average Bonchev–Trinajstić information content (AvgIpc) is 2.29. The van der Waals surface area contributed by atoms with E-state index >= 15 is 0 Å². The van der Waals surface area contributed by atoms with E-state index in [0.29, 0.717) is 13.2 Å². The Morgan fingerprint density at radius 2 is 2.00 bits per heavy atom. The number of thiol groups is 1. The molecule has 0 atom stereocenters. The van der Waals surface area contributed by atoms with E-state index in [2.05, 4.69) is 12.6 Å². The quantitative estimate of drug-likeness (QED) is 0.594. The van der Waals surface area contributed by atoms with E-state index in [1.165, 1.54) is 6.20 Å². The minimum Gasteiger partial charge on any atom is -0.491 e. The van der Waals surface area contributed by atoms with Crippen LogP contribution in [-0.4, -0.2) is 20.3 Å². The van der Waals surface area contributed by atoms with Gasteiger partial charge < -0.3 is 15.2 Å². The minimum atomic E-state index is 0.552. The van der Waals surface area contributed by atoms with E-state index in [9.17, 15) is 0 Å². The van der Waals surface area contributed by atoms with Crippen LogP contribution in [0, 0.1) is 0 Å². The van der Waals surface area contributed by atoms with Gasteiger partial charge in [-0.2, -0.15) is 0 Å². The third-order valence-electron chi connectivity index (χ3n) is 1.86. The number of methoxy groups -OCH3 is 1. The monoisotopic (exact) mass is 225 g/mol. The fourth-order valence-corrected chi connectivity index (χ4v) is 1.21. The first-order valence-corrected chi connectivity index (χ1v) is 5.05. The summed E-state index contributed by atoms with van der Waals surface area (Å²) in [6.45, 7) is 1.14. The van der Waals surface area contributed by atoms with Crippen LogP contribution in [0.3, 0.4) is 0 Å². The Labute approximate surface area is 95.3 Å². The number of nitrogens with two attached hydrogens (primary N) is 1. The molecule has 82 valence electrons. The second-order valence-electron chi connectivity index (χ2n) is 2.92. The van der Waals surface area contributed by atoms with Crippen LogP contribution in [0.5, 0.6) is 5.75 Å². The molecule has 0 radical (unpaired) electrons. The molecule has 0 aliphatic rings. The summed E-state index contributed by atoms with van der Waals surface area (Å²) in [5.41, 5.74) is 6.33. The first kappa shape index (κ1) is 11.9. The Hall–Kier alpha value is -1.13. The van der Waals surface area contributed by atoms with Crippen molar-refractivity contribution in [1.29, 1.82) is 0 Å². The van der Waals surface area contributed by atoms with Crippen molar-refractivity contribution < 1.29 is 9.47 Å². The lowest BCUT2D eigenvalue weighted by Crippen LogP contribution is -2.03. The van der Waals surface area contributed by atoms with Crippen LogP contribution in [0.2, 0.25) is 0 Å². The number of ether oxygens (including phenoxy) is 2. The van der Waals surface area contributed by atoms with Crippen molar-refractivity contribution in [1.82, 2.24) is 0 Å². The van der Waals surface area contributed by atoms with Gasteiger partial charge in [-0.1, -0.05) is 12.1 Å². The molecule has 4 heteroatoms. The van der Waals surface area contributed by atoms with Crippen LogP contribution in [0.1, 0.15) is 5.56 Å². The van der Waals surface area contributed by atoms with Crippen molar-refractivity contribution in [3.05, 3.63) is 36.0 Å². The lowest BCUT2D eigenvalue weighted by Gasteiger charge is -2.06. The first-order valence-electron chi connectivity index (χ1n) is 4.61. The van der Waals surface area contributed by atoms with Crippen molar-refractivity contribution in [3.63, 3.8) is 0 Å². The molecular formula is C11H15NO2S. The maximum Gasteiger partial charge on any atom is 0.119 e. The summed E-state index contributed by atoms with van der Waals surface area (Å²) in [5.74, 6) is 0.814. The van der Waals surface area contributed by atoms with Crippen LogP contribution in [0.15, 0.2) is 30.5 Å². The molecule has 0 fully saturated rings. The summed E-state index contributed by atoms with van der Waals surface area (Å²) in [7, 11) is 1.64.